The van der Waals surface area contributed by atoms with Gasteiger partial charge in [-0.1, -0.05) is 18.2 Å². The minimum atomic E-state index is -0.0459. The summed E-state index contributed by atoms with van der Waals surface area (Å²) in [6.07, 6.45) is 4.51. The molecule has 6 heteroatoms. The molecular weight excluding hydrogens is 352 g/mol. The van der Waals surface area contributed by atoms with Crippen LogP contribution in [-0.2, 0) is 11.2 Å². The maximum absolute atomic E-state index is 13.5. The summed E-state index contributed by atoms with van der Waals surface area (Å²) in [7, 11) is 0. The number of nitrogens with zero attached hydrogens (tertiary/aromatic N) is 3. The van der Waals surface area contributed by atoms with Crippen LogP contribution in [-0.4, -0.2) is 47.9 Å². The Hall–Kier alpha value is -2.89. The largest absolute Gasteiger partial charge is 0.356 e. The molecule has 3 aliphatic rings. The van der Waals surface area contributed by atoms with Crippen LogP contribution < -0.4 is 10.2 Å². The van der Waals surface area contributed by atoms with Gasteiger partial charge in [0.25, 0.3) is 5.91 Å². The summed E-state index contributed by atoms with van der Waals surface area (Å²) >= 11 is 0. The summed E-state index contributed by atoms with van der Waals surface area (Å²) < 4.78 is 0. The predicted molar refractivity (Wildman–Crippen MR) is 106 cm³/mol. The molecule has 5 rings (SSSR count). The van der Waals surface area contributed by atoms with E-state index in [1.54, 1.807) is 6.20 Å². The van der Waals surface area contributed by atoms with E-state index in [9.17, 15) is 9.59 Å². The highest BCUT2D eigenvalue weighted by molar-refractivity contribution is 5.98. The van der Waals surface area contributed by atoms with Crippen molar-refractivity contribution in [1.29, 1.82) is 0 Å². The normalized spacial score (nSPS) is 23.8. The minimum Gasteiger partial charge on any atom is -0.356 e. The second kappa shape index (κ2) is 6.93. The first-order valence-electron chi connectivity index (χ1n) is 10.1. The number of anilines is 1. The molecule has 3 aliphatic heterocycles. The Morgan fingerprint density at radius 2 is 2.07 bits per heavy atom. The molecular formula is C22H24N4O2. The molecule has 28 heavy (non-hydrogen) atoms. The van der Waals surface area contributed by atoms with Crippen LogP contribution in [0.15, 0.2) is 42.6 Å². The summed E-state index contributed by atoms with van der Waals surface area (Å²) in [5.41, 5.74) is 2.99. The molecule has 0 aliphatic carbocycles. The van der Waals surface area contributed by atoms with Gasteiger partial charge in [-0.05, 0) is 48.6 Å². The van der Waals surface area contributed by atoms with Crippen LogP contribution in [0.4, 0.5) is 5.82 Å². The van der Waals surface area contributed by atoms with Crippen molar-refractivity contribution in [2.45, 2.75) is 25.3 Å². The van der Waals surface area contributed by atoms with Crippen LogP contribution in [0.2, 0.25) is 0 Å². The van der Waals surface area contributed by atoms with Gasteiger partial charge in [0.15, 0.2) is 0 Å². The van der Waals surface area contributed by atoms with E-state index in [0.29, 0.717) is 13.1 Å². The van der Waals surface area contributed by atoms with E-state index in [1.807, 2.05) is 35.2 Å². The van der Waals surface area contributed by atoms with Crippen LogP contribution in [0.3, 0.4) is 0 Å². The Balaban J connectivity index is 1.39. The van der Waals surface area contributed by atoms with Crippen molar-refractivity contribution in [2.24, 2.45) is 5.92 Å². The molecule has 1 N–H and O–H groups in total. The zero-order valence-electron chi connectivity index (χ0n) is 15.8. The van der Waals surface area contributed by atoms with E-state index >= 15 is 0 Å². The van der Waals surface area contributed by atoms with Gasteiger partial charge in [-0.15, -0.1) is 0 Å². The fourth-order valence-corrected chi connectivity index (χ4v) is 4.90. The van der Waals surface area contributed by atoms with Crippen molar-refractivity contribution in [2.75, 3.05) is 31.1 Å². The SMILES string of the molecule is O=C1NCC2c3c(cccc31)CCN2C(=O)C1CCCN(c2ccccn2)C1. The topological polar surface area (TPSA) is 65.5 Å². The first kappa shape index (κ1) is 17.2. The zero-order chi connectivity index (χ0) is 19.1. The lowest BCUT2D eigenvalue weighted by Gasteiger charge is -2.43. The van der Waals surface area contributed by atoms with Crippen molar-refractivity contribution in [3.8, 4) is 0 Å². The lowest BCUT2D eigenvalue weighted by atomic mass is 9.84. The third-order valence-corrected chi connectivity index (χ3v) is 6.26. The number of rotatable bonds is 2. The van der Waals surface area contributed by atoms with Crippen LogP contribution >= 0.6 is 0 Å². The van der Waals surface area contributed by atoms with E-state index in [1.165, 1.54) is 5.56 Å². The first-order valence-corrected chi connectivity index (χ1v) is 10.1. The lowest BCUT2D eigenvalue weighted by molar-refractivity contribution is -0.138. The Labute approximate surface area is 164 Å². The second-order valence-electron chi connectivity index (χ2n) is 7.86. The second-order valence-corrected chi connectivity index (χ2v) is 7.86. The van der Waals surface area contributed by atoms with Gasteiger partial charge in [-0.2, -0.15) is 0 Å². The molecule has 1 aromatic heterocycles. The van der Waals surface area contributed by atoms with Crippen molar-refractivity contribution < 1.29 is 9.59 Å². The Bertz CT molecular complexity index is 914. The number of amides is 2. The van der Waals surface area contributed by atoms with Crippen LogP contribution in [0, 0.1) is 5.92 Å². The number of pyridine rings is 1. The molecule has 6 nitrogen and oxygen atoms in total. The number of hydrogen-bond donors (Lipinski definition) is 1. The van der Waals surface area contributed by atoms with E-state index in [-0.39, 0.29) is 23.8 Å². The Morgan fingerprint density at radius 3 is 2.93 bits per heavy atom. The molecule has 1 aromatic carbocycles. The number of benzene rings is 1. The van der Waals surface area contributed by atoms with Gasteiger partial charge in [0, 0.05) is 37.9 Å². The van der Waals surface area contributed by atoms with Gasteiger partial charge in [-0.3, -0.25) is 9.59 Å². The van der Waals surface area contributed by atoms with Crippen LogP contribution in [0.5, 0.6) is 0 Å². The maximum atomic E-state index is 13.5. The highest BCUT2D eigenvalue weighted by Crippen LogP contribution is 2.36. The van der Waals surface area contributed by atoms with E-state index < -0.39 is 0 Å². The van der Waals surface area contributed by atoms with Crippen molar-refractivity contribution in [3.05, 3.63) is 59.3 Å². The van der Waals surface area contributed by atoms with E-state index in [0.717, 1.165) is 49.3 Å². The van der Waals surface area contributed by atoms with Gasteiger partial charge < -0.3 is 15.1 Å². The fourth-order valence-electron chi connectivity index (χ4n) is 4.90. The van der Waals surface area contributed by atoms with E-state index in [4.69, 9.17) is 0 Å². The standard InChI is InChI=1S/C22H24N4O2/c27-21-17-7-3-5-15-9-12-26(18(13-24-21)20(15)17)22(28)16-6-4-11-25(14-16)19-8-1-2-10-23-19/h1-3,5,7-8,10,16,18H,4,6,9,11-14H2,(H,24,27). The average molecular weight is 376 g/mol. The fraction of sp³-hybridized carbons (Fsp3) is 0.409. The monoisotopic (exact) mass is 376 g/mol. The third-order valence-electron chi connectivity index (χ3n) is 6.26. The lowest BCUT2D eigenvalue weighted by Crippen LogP contribution is -2.52. The van der Waals surface area contributed by atoms with Gasteiger partial charge in [0.05, 0.1) is 12.0 Å². The summed E-state index contributed by atoms with van der Waals surface area (Å²) in [4.78, 5) is 34.4. The molecule has 2 amide bonds. The van der Waals surface area contributed by atoms with Crippen molar-refractivity contribution >= 4 is 17.6 Å². The Kier molecular flexibility index (Phi) is 4.26. The molecule has 1 fully saturated rings. The molecule has 4 heterocycles. The number of nitrogens with one attached hydrogen (secondary N) is 1. The number of piperidine rings is 1. The van der Waals surface area contributed by atoms with Crippen molar-refractivity contribution in [1.82, 2.24) is 15.2 Å². The summed E-state index contributed by atoms with van der Waals surface area (Å²) in [6, 6.07) is 11.8. The molecule has 0 bridgehead atoms. The molecule has 0 radical (unpaired) electrons. The molecule has 144 valence electrons. The van der Waals surface area contributed by atoms with E-state index in [2.05, 4.69) is 21.3 Å². The molecule has 2 aromatic rings. The summed E-state index contributed by atoms with van der Waals surface area (Å²) in [6.45, 7) is 2.87. The molecule has 2 atom stereocenters. The third kappa shape index (κ3) is 2.84. The summed E-state index contributed by atoms with van der Waals surface area (Å²) in [5, 5.41) is 2.97. The molecule has 2 unspecified atom stereocenters. The maximum Gasteiger partial charge on any atom is 0.251 e. The number of carbonyl (C=O) groups is 2. The van der Waals surface area contributed by atoms with Crippen LogP contribution in [0.25, 0.3) is 0 Å². The highest BCUT2D eigenvalue weighted by atomic mass is 16.2. The quantitative estimate of drug-likeness (QED) is 0.872. The van der Waals surface area contributed by atoms with Gasteiger partial charge >= 0.3 is 0 Å². The van der Waals surface area contributed by atoms with Gasteiger partial charge in [0.2, 0.25) is 5.91 Å². The number of hydrogen-bond acceptors (Lipinski definition) is 4. The Morgan fingerprint density at radius 1 is 1.14 bits per heavy atom. The first-order chi connectivity index (χ1) is 13.7. The zero-order valence-corrected chi connectivity index (χ0v) is 15.8. The highest BCUT2D eigenvalue weighted by Gasteiger charge is 2.39. The minimum absolute atomic E-state index is 0.0258. The van der Waals surface area contributed by atoms with Crippen LogP contribution in [0.1, 0.15) is 40.4 Å². The predicted octanol–water partition coefficient (Wildman–Crippen LogP) is 2.17. The number of aromatic nitrogens is 1. The summed E-state index contributed by atoms with van der Waals surface area (Å²) in [5.74, 6) is 1.10. The smallest absolute Gasteiger partial charge is 0.251 e. The number of carbonyl (C=O) groups excluding carboxylic acids is 2. The molecule has 1 saturated heterocycles. The molecule has 0 spiro atoms. The van der Waals surface area contributed by atoms with Gasteiger partial charge in [-0.25, -0.2) is 4.98 Å². The average Bonchev–Trinajstić information content (AvgIpc) is 2.76. The molecule has 0 saturated carbocycles. The van der Waals surface area contributed by atoms with Crippen molar-refractivity contribution in [3.63, 3.8) is 0 Å². The van der Waals surface area contributed by atoms with Gasteiger partial charge in [0.1, 0.15) is 5.82 Å².